The van der Waals surface area contributed by atoms with Crippen LogP contribution < -0.4 is 11.1 Å². The fourth-order valence-electron chi connectivity index (χ4n) is 5.12. The Bertz CT molecular complexity index is 995. The van der Waals surface area contributed by atoms with Crippen LogP contribution in [0.2, 0.25) is 0 Å². The van der Waals surface area contributed by atoms with Crippen molar-refractivity contribution in [2.24, 2.45) is 5.73 Å². The first-order valence-electron chi connectivity index (χ1n) is 19.3. The number of aliphatic carboxylic acids is 1. The summed E-state index contributed by atoms with van der Waals surface area (Å²) in [5, 5.41) is 11.9. The van der Waals surface area contributed by atoms with Crippen LogP contribution in [0.1, 0.15) is 155 Å². The second-order valence-electron chi connectivity index (χ2n) is 12.6. The third-order valence-corrected chi connectivity index (χ3v) is 8.00. The molecule has 2 unspecified atom stereocenters. The normalized spacial score (nSPS) is 13.5. The van der Waals surface area contributed by atoms with Crippen molar-refractivity contribution in [3.8, 4) is 0 Å². The molecule has 0 saturated heterocycles. The molecule has 49 heavy (non-hydrogen) atoms. The van der Waals surface area contributed by atoms with Crippen molar-refractivity contribution >= 4 is 17.8 Å². The topological polar surface area (TPSA) is 119 Å². The van der Waals surface area contributed by atoms with E-state index in [9.17, 15) is 19.5 Å². The van der Waals surface area contributed by atoms with Gasteiger partial charge in [0.25, 0.3) is 0 Å². The summed E-state index contributed by atoms with van der Waals surface area (Å²) in [7, 11) is 0. The Balaban J connectivity index is 4.49. The molecule has 0 bridgehead atoms. The lowest BCUT2D eigenvalue weighted by Crippen LogP contribution is -2.40. The number of carboxylic acids is 1. The molecule has 0 aromatic heterocycles. The van der Waals surface area contributed by atoms with E-state index in [4.69, 9.17) is 10.5 Å². The lowest BCUT2D eigenvalue weighted by Gasteiger charge is -2.14. The summed E-state index contributed by atoms with van der Waals surface area (Å²) >= 11 is 0. The van der Waals surface area contributed by atoms with Crippen molar-refractivity contribution in [2.75, 3.05) is 6.54 Å². The Labute approximate surface area is 299 Å². The summed E-state index contributed by atoms with van der Waals surface area (Å²) in [4.78, 5) is 36.1. The van der Waals surface area contributed by atoms with Crippen LogP contribution in [0.5, 0.6) is 0 Å². The predicted octanol–water partition coefficient (Wildman–Crippen LogP) is 10.4. The highest BCUT2D eigenvalue weighted by atomic mass is 16.5. The Morgan fingerprint density at radius 2 is 1.20 bits per heavy atom. The molecule has 0 spiro atoms. The van der Waals surface area contributed by atoms with Crippen LogP contribution in [0, 0.1) is 0 Å². The van der Waals surface area contributed by atoms with Gasteiger partial charge >= 0.3 is 11.9 Å². The van der Waals surface area contributed by atoms with E-state index in [-0.39, 0.29) is 18.0 Å². The zero-order chi connectivity index (χ0) is 36.0. The number of rotatable bonds is 33. The predicted molar refractivity (Wildman–Crippen MR) is 206 cm³/mol. The minimum Gasteiger partial charge on any atom is -0.480 e. The number of esters is 1. The third-order valence-electron chi connectivity index (χ3n) is 8.00. The fraction of sp³-hybridized carbons (Fsp3) is 0.643. The van der Waals surface area contributed by atoms with Crippen molar-refractivity contribution in [3.63, 3.8) is 0 Å². The molecule has 0 fully saturated rings. The molecule has 0 rings (SSSR count). The second-order valence-corrected chi connectivity index (χ2v) is 12.6. The second kappa shape index (κ2) is 36.1. The van der Waals surface area contributed by atoms with Crippen LogP contribution in [0.15, 0.2) is 72.9 Å². The molecule has 2 atom stereocenters. The Morgan fingerprint density at radius 3 is 1.84 bits per heavy atom. The summed E-state index contributed by atoms with van der Waals surface area (Å²) in [6.07, 6.45) is 45.4. The minimum atomic E-state index is -1.01. The van der Waals surface area contributed by atoms with Crippen molar-refractivity contribution < 1.29 is 24.2 Å². The molecular formula is C42H70N2O5. The van der Waals surface area contributed by atoms with Crippen molar-refractivity contribution in [1.29, 1.82) is 0 Å². The summed E-state index contributed by atoms with van der Waals surface area (Å²) in [6, 6.07) is -0.863. The number of carboxylic acid groups (broad SMARTS) is 1. The summed E-state index contributed by atoms with van der Waals surface area (Å²) < 4.78 is 5.87. The minimum absolute atomic E-state index is 0.157. The van der Waals surface area contributed by atoms with Gasteiger partial charge in [-0.05, 0) is 96.1 Å². The number of allylic oxidation sites excluding steroid dienone is 11. The van der Waals surface area contributed by atoms with Crippen LogP contribution in [-0.2, 0) is 19.1 Å². The maximum atomic E-state index is 12.6. The van der Waals surface area contributed by atoms with Crippen LogP contribution >= 0.6 is 0 Å². The van der Waals surface area contributed by atoms with Gasteiger partial charge in [-0.25, -0.2) is 4.79 Å². The summed E-state index contributed by atoms with van der Waals surface area (Å²) in [6.45, 7) is 4.77. The monoisotopic (exact) mass is 683 g/mol. The number of nitrogens with two attached hydrogens (primary N) is 1. The van der Waals surface area contributed by atoms with E-state index in [2.05, 4.69) is 86.0 Å². The van der Waals surface area contributed by atoms with Gasteiger partial charge in [-0.15, -0.1) is 0 Å². The third kappa shape index (κ3) is 33.1. The summed E-state index contributed by atoms with van der Waals surface area (Å²) in [5.74, 6) is -1.38. The fourth-order valence-corrected chi connectivity index (χ4v) is 5.12. The van der Waals surface area contributed by atoms with Gasteiger partial charge in [-0.2, -0.15) is 0 Å². The van der Waals surface area contributed by atoms with Gasteiger partial charge in [-0.1, -0.05) is 126 Å². The molecule has 0 aliphatic heterocycles. The number of hydrogen-bond donors (Lipinski definition) is 3. The molecule has 4 N–H and O–H groups in total. The zero-order valence-corrected chi connectivity index (χ0v) is 31.0. The maximum absolute atomic E-state index is 12.6. The molecule has 0 heterocycles. The van der Waals surface area contributed by atoms with E-state index < -0.39 is 12.0 Å². The Kier molecular flexibility index (Phi) is 33.7. The number of hydrogen-bond acceptors (Lipinski definition) is 5. The standard InChI is InChI=1S/C42H70N2O5/c1-3-5-7-9-11-13-14-15-16-18-20-26-30-36-41(46)49-38(32-27-23-19-17-12-10-8-6-4-2)33-28-24-21-22-25-29-35-40(45)44-39(42(47)48)34-31-37-43/h5,7,11,13,15-17,19-20,26-27,32,38-39H,3-4,6,8-10,12,14,18,21-25,28-31,33-37,43H2,1-2H3,(H,44,45)(H,47,48)/b7-5-,13-11-,16-15-,19-17-,26-20-,32-27-. The SMILES string of the molecule is CC/C=C\C/C=C\C/C=C\C/C=C\CCC(=O)OC(/C=C\C/C=C\CCCCCC)CCCCCCCCC(=O)NC(CCCN)C(=O)O. The number of nitrogens with one attached hydrogen (secondary N) is 1. The lowest BCUT2D eigenvalue weighted by atomic mass is 10.0. The smallest absolute Gasteiger partial charge is 0.326 e. The number of carbonyl (C=O) groups excluding carboxylic acids is 2. The first kappa shape index (κ1) is 45.8. The molecule has 0 aliphatic carbocycles. The van der Waals surface area contributed by atoms with Crippen molar-refractivity contribution in [2.45, 2.75) is 167 Å². The van der Waals surface area contributed by atoms with E-state index in [1.54, 1.807) is 0 Å². The van der Waals surface area contributed by atoms with E-state index in [0.29, 0.717) is 38.6 Å². The van der Waals surface area contributed by atoms with Crippen molar-refractivity contribution in [1.82, 2.24) is 5.32 Å². The highest BCUT2D eigenvalue weighted by Gasteiger charge is 2.18. The molecule has 0 saturated carbocycles. The van der Waals surface area contributed by atoms with Gasteiger partial charge in [0, 0.05) is 12.8 Å². The quantitative estimate of drug-likeness (QED) is 0.0360. The molecule has 1 amide bonds. The van der Waals surface area contributed by atoms with Gasteiger partial charge in [0.15, 0.2) is 0 Å². The summed E-state index contributed by atoms with van der Waals surface area (Å²) in [5.41, 5.74) is 5.46. The largest absolute Gasteiger partial charge is 0.480 e. The first-order valence-corrected chi connectivity index (χ1v) is 19.3. The zero-order valence-electron chi connectivity index (χ0n) is 31.0. The van der Waals surface area contributed by atoms with Gasteiger partial charge < -0.3 is 20.9 Å². The Hall–Kier alpha value is -3.19. The molecule has 0 aromatic carbocycles. The average Bonchev–Trinajstić information content (AvgIpc) is 3.08. The first-order chi connectivity index (χ1) is 23.9. The number of carbonyl (C=O) groups is 3. The van der Waals surface area contributed by atoms with Gasteiger partial charge in [0.05, 0.1) is 0 Å². The van der Waals surface area contributed by atoms with Gasteiger partial charge in [0.2, 0.25) is 5.91 Å². The molecule has 0 radical (unpaired) electrons. The Morgan fingerprint density at radius 1 is 0.633 bits per heavy atom. The van der Waals surface area contributed by atoms with Gasteiger partial charge in [-0.3, -0.25) is 9.59 Å². The molecular weight excluding hydrogens is 612 g/mol. The van der Waals surface area contributed by atoms with E-state index in [1.807, 2.05) is 6.08 Å². The van der Waals surface area contributed by atoms with E-state index >= 15 is 0 Å². The van der Waals surface area contributed by atoms with E-state index in [0.717, 1.165) is 83.5 Å². The molecule has 0 aliphatic rings. The number of unbranched alkanes of at least 4 members (excludes halogenated alkanes) is 9. The van der Waals surface area contributed by atoms with E-state index in [1.165, 1.54) is 25.7 Å². The van der Waals surface area contributed by atoms with Crippen LogP contribution in [0.4, 0.5) is 0 Å². The number of amides is 1. The number of ether oxygens (including phenoxy) is 1. The highest BCUT2D eigenvalue weighted by molar-refractivity contribution is 5.83. The van der Waals surface area contributed by atoms with Crippen LogP contribution in [-0.4, -0.2) is 41.6 Å². The highest BCUT2D eigenvalue weighted by Crippen LogP contribution is 2.14. The molecule has 278 valence electrons. The molecule has 0 aromatic rings. The van der Waals surface area contributed by atoms with Crippen molar-refractivity contribution in [3.05, 3.63) is 72.9 Å². The molecule has 7 nitrogen and oxygen atoms in total. The van der Waals surface area contributed by atoms with Gasteiger partial charge in [0.1, 0.15) is 12.1 Å². The van der Waals surface area contributed by atoms with Crippen LogP contribution in [0.25, 0.3) is 0 Å². The molecule has 7 heteroatoms. The average molecular weight is 683 g/mol. The lowest BCUT2D eigenvalue weighted by molar-refractivity contribution is -0.147. The van der Waals surface area contributed by atoms with Crippen LogP contribution in [0.3, 0.4) is 0 Å². The maximum Gasteiger partial charge on any atom is 0.326 e.